The molecule has 0 radical (unpaired) electrons. The smallest absolute Gasteiger partial charge is 0.262 e. The standard InChI is InChI=1S/C22H23FN2O4/c1-14(26)15-10-11-20(18(23)12-15)29-13-21(27)25-19-9-5-4-8-17(19)22(28)24-16-6-2-3-7-16/h4-5,8-12,16H,2-3,6-7,13H2,1H3,(H,24,28)(H,25,27). The third-order valence-electron chi connectivity index (χ3n) is 4.83. The van der Waals surface area contributed by atoms with Crippen molar-refractivity contribution in [1.29, 1.82) is 0 Å². The molecule has 3 rings (SSSR count). The average Bonchev–Trinajstić information content (AvgIpc) is 3.20. The molecule has 0 unspecified atom stereocenters. The van der Waals surface area contributed by atoms with Gasteiger partial charge in [-0.3, -0.25) is 14.4 Å². The van der Waals surface area contributed by atoms with Crippen LogP contribution in [0.15, 0.2) is 42.5 Å². The summed E-state index contributed by atoms with van der Waals surface area (Å²) >= 11 is 0. The number of ketones is 1. The average molecular weight is 398 g/mol. The topological polar surface area (TPSA) is 84.5 Å². The summed E-state index contributed by atoms with van der Waals surface area (Å²) in [5, 5.41) is 5.62. The van der Waals surface area contributed by atoms with Crippen LogP contribution in [0.25, 0.3) is 0 Å². The number of halogens is 1. The Bertz CT molecular complexity index is 923. The van der Waals surface area contributed by atoms with E-state index in [0.717, 1.165) is 31.7 Å². The molecule has 29 heavy (non-hydrogen) atoms. The lowest BCUT2D eigenvalue weighted by Crippen LogP contribution is -2.33. The van der Waals surface area contributed by atoms with E-state index in [-0.39, 0.29) is 29.0 Å². The number of benzene rings is 2. The number of para-hydroxylation sites is 1. The van der Waals surface area contributed by atoms with E-state index in [0.29, 0.717) is 11.3 Å². The van der Waals surface area contributed by atoms with E-state index >= 15 is 0 Å². The first-order valence-electron chi connectivity index (χ1n) is 9.57. The van der Waals surface area contributed by atoms with Gasteiger partial charge in [0.15, 0.2) is 24.0 Å². The number of carbonyl (C=O) groups excluding carboxylic acids is 3. The Morgan fingerprint density at radius 2 is 1.83 bits per heavy atom. The number of nitrogens with one attached hydrogen (secondary N) is 2. The fourth-order valence-corrected chi connectivity index (χ4v) is 3.29. The molecule has 0 atom stereocenters. The Morgan fingerprint density at radius 3 is 2.52 bits per heavy atom. The molecule has 1 saturated carbocycles. The van der Waals surface area contributed by atoms with Crippen molar-refractivity contribution in [3.05, 3.63) is 59.4 Å². The zero-order valence-corrected chi connectivity index (χ0v) is 16.2. The summed E-state index contributed by atoms with van der Waals surface area (Å²) < 4.78 is 19.2. The number of ether oxygens (including phenoxy) is 1. The van der Waals surface area contributed by atoms with Gasteiger partial charge in [0.2, 0.25) is 0 Å². The summed E-state index contributed by atoms with van der Waals surface area (Å²) in [4.78, 5) is 36.1. The predicted octanol–water partition coefficient (Wildman–Crippen LogP) is 3.72. The van der Waals surface area contributed by atoms with Crippen molar-refractivity contribution in [3.8, 4) is 5.75 Å². The molecule has 2 N–H and O–H groups in total. The number of hydrogen-bond acceptors (Lipinski definition) is 4. The Labute approximate surface area is 168 Å². The molecule has 0 aromatic heterocycles. The molecule has 1 aliphatic rings. The molecular weight excluding hydrogens is 375 g/mol. The number of hydrogen-bond donors (Lipinski definition) is 2. The number of anilines is 1. The van der Waals surface area contributed by atoms with Gasteiger partial charge in [-0.1, -0.05) is 25.0 Å². The third-order valence-corrected chi connectivity index (χ3v) is 4.83. The van der Waals surface area contributed by atoms with Gasteiger partial charge in [0.1, 0.15) is 0 Å². The molecule has 1 aliphatic carbocycles. The summed E-state index contributed by atoms with van der Waals surface area (Å²) in [5.74, 6) is -1.87. The molecule has 6 nitrogen and oxygen atoms in total. The lowest BCUT2D eigenvalue weighted by molar-refractivity contribution is -0.118. The van der Waals surface area contributed by atoms with Crippen LogP contribution < -0.4 is 15.4 Å². The van der Waals surface area contributed by atoms with Gasteiger partial charge in [0, 0.05) is 11.6 Å². The molecule has 0 aliphatic heterocycles. The van der Waals surface area contributed by atoms with E-state index in [1.165, 1.54) is 19.1 Å². The normalized spacial score (nSPS) is 13.7. The van der Waals surface area contributed by atoms with Crippen LogP contribution in [0, 0.1) is 5.82 Å². The summed E-state index contributed by atoms with van der Waals surface area (Å²) in [5.41, 5.74) is 0.954. The molecule has 2 amide bonds. The Kier molecular flexibility index (Phi) is 6.59. The van der Waals surface area contributed by atoms with Crippen LogP contribution in [0.1, 0.15) is 53.3 Å². The first kappa shape index (κ1) is 20.5. The van der Waals surface area contributed by atoms with Crippen molar-refractivity contribution in [2.75, 3.05) is 11.9 Å². The second-order valence-electron chi connectivity index (χ2n) is 7.04. The van der Waals surface area contributed by atoms with Crippen molar-refractivity contribution in [2.24, 2.45) is 0 Å². The minimum atomic E-state index is -0.721. The molecule has 1 fully saturated rings. The van der Waals surface area contributed by atoms with E-state index in [4.69, 9.17) is 4.74 Å². The Morgan fingerprint density at radius 1 is 1.10 bits per heavy atom. The minimum Gasteiger partial charge on any atom is -0.481 e. The first-order chi connectivity index (χ1) is 13.9. The second kappa shape index (κ2) is 9.32. The summed E-state index contributed by atoms with van der Waals surface area (Å²) in [6.45, 7) is 0.901. The van der Waals surface area contributed by atoms with Crippen LogP contribution >= 0.6 is 0 Å². The van der Waals surface area contributed by atoms with Crippen molar-refractivity contribution in [3.63, 3.8) is 0 Å². The highest BCUT2D eigenvalue weighted by Gasteiger charge is 2.20. The number of Topliss-reactive ketones (excluding diaryl/α,β-unsaturated/α-hetero) is 1. The quantitative estimate of drug-likeness (QED) is 0.696. The lowest BCUT2D eigenvalue weighted by Gasteiger charge is -2.15. The maximum atomic E-state index is 14.0. The number of amides is 2. The zero-order chi connectivity index (χ0) is 20.8. The molecular formula is C22H23FN2O4. The fraction of sp³-hybridized carbons (Fsp3) is 0.318. The summed E-state index contributed by atoms with van der Waals surface area (Å²) in [6.07, 6.45) is 4.12. The van der Waals surface area contributed by atoms with Crippen molar-refractivity contribution in [2.45, 2.75) is 38.6 Å². The van der Waals surface area contributed by atoms with E-state index in [1.54, 1.807) is 24.3 Å². The van der Waals surface area contributed by atoms with Gasteiger partial charge in [-0.25, -0.2) is 4.39 Å². The molecule has 0 bridgehead atoms. The van der Waals surface area contributed by atoms with Crippen LogP contribution in [-0.2, 0) is 4.79 Å². The maximum Gasteiger partial charge on any atom is 0.262 e. The van der Waals surface area contributed by atoms with Gasteiger partial charge in [0.05, 0.1) is 11.3 Å². The molecule has 152 valence electrons. The number of rotatable bonds is 7. The first-order valence-corrected chi connectivity index (χ1v) is 9.57. The zero-order valence-electron chi connectivity index (χ0n) is 16.2. The van der Waals surface area contributed by atoms with Crippen LogP contribution in [0.4, 0.5) is 10.1 Å². The largest absolute Gasteiger partial charge is 0.481 e. The highest BCUT2D eigenvalue weighted by atomic mass is 19.1. The number of carbonyl (C=O) groups is 3. The van der Waals surface area contributed by atoms with Crippen LogP contribution in [0.2, 0.25) is 0 Å². The molecule has 2 aromatic carbocycles. The van der Waals surface area contributed by atoms with E-state index in [2.05, 4.69) is 10.6 Å². The van der Waals surface area contributed by atoms with E-state index in [1.807, 2.05) is 0 Å². The molecule has 0 heterocycles. The SMILES string of the molecule is CC(=O)c1ccc(OCC(=O)Nc2ccccc2C(=O)NC2CCCC2)c(F)c1. The predicted molar refractivity (Wildman–Crippen MR) is 107 cm³/mol. The molecule has 0 spiro atoms. The van der Waals surface area contributed by atoms with Crippen LogP contribution in [0.3, 0.4) is 0 Å². The highest BCUT2D eigenvalue weighted by molar-refractivity contribution is 6.04. The van der Waals surface area contributed by atoms with Gasteiger partial charge >= 0.3 is 0 Å². The maximum absolute atomic E-state index is 14.0. The highest BCUT2D eigenvalue weighted by Crippen LogP contribution is 2.21. The van der Waals surface area contributed by atoms with Gasteiger partial charge in [-0.15, -0.1) is 0 Å². The van der Waals surface area contributed by atoms with Crippen molar-refractivity contribution in [1.82, 2.24) is 5.32 Å². The van der Waals surface area contributed by atoms with Gasteiger partial charge < -0.3 is 15.4 Å². The van der Waals surface area contributed by atoms with Crippen molar-refractivity contribution >= 4 is 23.3 Å². The van der Waals surface area contributed by atoms with E-state index in [9.17, 15) is 18.8 Å². The van der Waals surface area contributed by atoms with Crippen molar-refractivity contribution < 1.29 is 23.5 Å². The Balaban J connectivity index is 1.61. The van der Waals surface area contributed by atoms with Crippen LogP contribution in [0.5, 0.6) is 5.75 Å². The van der Waals surface area contributed by atoms with Gasteiger partial charge in [-0.2, -0.15) is 0 Å². The summed E-state index contributed by atoms with van der Waals surface area (Å²) in [7, 11) is 0. The third kappa shape index (κ3) is 5.40. The van der Waals surface area contributed by atoms with Crippen LogP contribution in [-0.4, -0.2) is 30.2 Å². The fourth-order valence-electron chi connectivity index (χ4n) is 3.29. The lowest BCUT2D eigenvalue weighted by atomic mass is 10.1. The summed E-state index contributed by atoms with van der Waals surface area (Å²) in [6, 6.07) is 10.7. The van der Waals surface area contributed by atoms with Gasteiger partial charge in [-0.05, 0) is 50.1 Å². The van der Waals surface area contributed by atoms with Gasteiger partial charge in [0.25, 0.3) is 11.8 Å². The second-order valence-corrected chi connectivity index (χ2v) is 7.04. The Hall–Kier alpha value is -3.22. The molecule has 0 saturated heterocycles. The molecule has 2 aromatic rings. The minimum absolute atomic E-state index is 0.127. The molecule has 7 heteroatoms. The van der Waals surface area contributed by atoms with E-state index < -0.39 is 18.3 Å². The monoisotopic (exact) mass is 398 g/mol.